The van der Waals surface area contributed by atoms with Crippen molar-refractivity contribution in [3.63, 3.8) is 0 Å². The first-order valence-electron chi connectivity index (χ1n) is 8.86. The van der Waals surface area contributed by atoms with E-state index >= 15 is 0 Å². The average Bonchev–Trinajstić information content (AvgIpc) is 3.10. The van der Waals surface area contributed by atoms with Gasteiger partial charge in [-0.25, -0.2) is 4.98 Å². The molecule has 3 rings (SSSR count). The maximum absolute atomic E-state index is 12.4. The van der Waals surface area contributed by atoms with Crippen molar-refractivity contribution >= 4 is 28.4 Å². The Morgan fingerprint density at radius 2 is 1.93 bits per heavy atom. The van der Waals surface area contributed by atoms with Crippen LogP contribution in [0.2, 0.25) is 0 Å². The van der Waals surface area contributed by atoms with E-state index in [4.69, 9.17) is 0 Å². The fourth-order valence-corrected chi connectivity index (χ4v) is 2.83. The number of nitriles is 1. The number of carbonyl (C=O) groups excluding carboxylic acids is 2. The SMILES string of the molecule is CCc1ccc(NC(=O)C(C#N)C(=O)CCc2nc3ccccc3[nH]2)cc1. The van der Waals surface area contributed by atoms with E-state index in [9.17, 15) is 14.9 Å². The number of aromatic nitrogens is 2. The van der Waals surface area contributed by atoms with E-state index in [-0.39, 0.29) is 6.42 Å². The standard InChI is InChI=1S/C21H20N4O2/c1-2-14-7-9-15(10-8-14)23-21(27)16(13-22)19(26)11-12-20-24-17-5-3-4-6-18(17)25-20/h3-10,16H,2,11-12H2,1H3,(H,23,27)(H,24,25). The molecule has 1 atom stereocenters. The molecule has 0 aliphatic rings. The molecule has 0 saturated carbocycles. The number of hydrogen-bond acceptors (Lipinski definition) is 4. The van der Waals surface area contributed by atoms with Crippen LogP contribution >= 0.6 is 0 Å². The second-order valence-electron chi connectivity index (χ2n) is 6.27. The number of amides is 1. The van der Waals surface area contributed by atoms with Crippen LogP contribution in [0.25, 0.3) is 11.0 Å². The van der Waals surface area contributed by atoms with Gasteiger partial charge in [0.25, 0.3) is 0 Å². The third-order valence-corrected chi connectivity index (χ3v) is 4.39. The molecule has 1 heterocycles. The first kappa shape index (κ1) is 18.3. The zero-order valence-corrected chi connectivity index (χ0v) is 15.0. The number of nitrogens with one attached hydrogen (secondary N) is 2. The number of para-hydroxylation sites is 2. The van der Waals surface area contributed by atoms with Crippen LogP contribution in [0.1, 0.15) is 24.7 Å². The fraction of sp³-hybridized carbons (Fsp3) is 0.238. The number of Topliss-reactive ketones (excluding diaryl/α,β-unsaturated/α-hetero) is 1. The Morgan fingerprint density at radius 3 is 2.59 bits per heavy atom. The van der Waals surface area contributed by atoms with E-state index in [1.165, 1.54) is 0 Å². The van der Waals surface area contributed by atoms with Crippen LogP contribution in [0.4, 0.5) is 5.69 Å². The lowest BCUT2D eigenvalue weighted by atomic mass is 10.0. The molecular formula is C21H20N4O2. The van der Waals surface area contributed by atoms with Crippen LogP contribution in [0.5, 0.6) is 0 Å². The number of anilines is 1. The molecule has 6 nitrogen and oxygen atoms in total. The van der Waals surface area contributed by atoms with Gasteiger partial charge in [0.2, 0.25) is 5.91 Å². The quantitative estimate of drug-likeness (QED) is 0.631. The molecule has 0 aliphatic carbocycles. The van der Waals surface area contributed by atoms with Crippen molar-refractivity contribution in [3.8, 4) is 6.07 Å². The van der Waals surface area contributed by atoms with Crippen molar-refractivity contribution in [2.45, 2.75) is 26.2 Å². The van der Waals surface area contributed by atoms with Crippen molar-refractivity contribution in [2.24, 2.45) is 5.92 Å². The Hall–Kier alpha value is -3.46. The molecule has 1 amide bonds. The normalized spacial score (nSPS) is 11.7. The fourth-order valence-electron chi connectivity index (χ4n) is 2.83. The Kier molecular flexibility index (Phi) is 5.62. The zero-order valence-electron chi connectivity index (χ0n) is 15.0. The van der Waals surface area contributed by atoms with Gasteiger partial charge in [-0.1, -0.05) is 31.2 Å². The molecule has 2 aromatic carbocycles. The predicted octanol–water partition coefficient (Wildman–Crippen LogP) is 3.41. The first-order valence-corrected chi connectivity index (χ1v) is 8.86. The number of fused-ring (bicyclic) bond motifs is 1. The van der Waals surface area contributed by atoms with Crippen molar-refractivity contribution in [2.75, 3.05) is 5.32 Å². The molecule has 0 bridgehead atoms. The summed E-state index contributed by atoms with van der Waals surface area (Å²) in [6.07, 6.45) is 1.32. The molecule has 6 heteroatoms. The minimum atomic E-state index is -1.33. The second-order valence-corrected chi connectivity index (χ2v) is 6.27. The van der Waals surface area contributed by atoms with Crippen LogP contribution < -0.4 is 5.32 Å². The van der Waals surface area contributed by atoms with E-state index in [0.29, 0.717) is 17.9 Å². The van der Waals surface area contributed by atoms with Crippen LogP contribution in [0, 0.1) is 17.2 Å². The summed E-state index contributed by atoms with van der Waals surface area (Å²) >= 11 is 0. The number of benzene rings is 2. The molecule has 1 unspecified atom stereocenters. The van der Waals surface area contributed by atoms with Gasteiger partial charge in [-0.3, -0.25) is 9.59 Å². The summed E-state index contributed by atoms with van der Waals surface area (Å²) in [6.45, 7) is 2.04. The molecule has 0 aliphatic heterocycles. The van der Waals surface area contributed by atoms with Crippen molar-refractivity contribution in [1.29, 1.82) is 5.26 Å². The highest BCUT2D eigenvalue weighted by atomic mass is 16.2. The van der Waals surface area contributed by atoms with E-state index in [2.05, 4.69) is 15.3 Å². The minimum absolute atomic E-state index is 0.0697. The smallest absolute Gasteiger partial charge is 0.249 e. The van der Waals surface area contributed by atoms with Gasteiger partial charge in [-0.15, -0.1) is 0 Å². The van der Waals surface area contributed by atoms with Gasteiger partial charge in [-0.2, -0.15) is 5.26 Å². The van der Waals surface area contributed by atoms with Gasteiger partial charge in [-0.05, 0) is 36.2 Å². The predicted molar refractivity (Wildman–Crippen MR) is 103 cm³/mol. The number of H-pyrrole nitrogens is 1. The lowest BCUT2D eigenvalue weighted by molar-refractivity contribution is -0.128. The number of aromatic amines is 1. The minimum Gasteiger partial charge on any atom is -0.342 e. The number of carbonyl (C=O) groups is 2. The molecule has 0 saturated heterocycles. The topological polar surface area (TPSA) is 98.6 Å². The molecule has 27 heavy (non-hydrogen) atoms. The summed E-state index contributed by atoms with van der Waals surface area (Å²) < 4.78 is 0. The summed E-state index contributed by atoms with van der Waals surface area (Å²) in [5, 5.41) is 11.9. The molecule has 0 spiro atoms. The van der Waals surface area contributed by atoms with E-state index in [1.54, 1.807) is 12.1 Å². The van der Waals surface area contributed by atoms with Crippen molar-refractivity contribution in [3.05, 3.63) is 59.9 Å². The lowest BCUT2D eigenvalue weighted by Crippen LogP contribution is -2.28. The maximum atomic E-state index is 12.4. The number of nitrogens with zero attached hydrogens (tertiary/aromatic N) is 2. The van der Waals surface area contributed by atoms with E-state index in [0.717, 1.165) is 23.0 Å². The van der Waals surface area contributed by atoms with E-state index in [1.807, 2.05) is 49.4 Å². The first-order chi connectivity index (χ1) is 13.1. The van der Waals surface area contributed by atoms with Gasteiger partial charge in [0.05, 0.1) is 17.1 Å². The van der Waals surface area contributed by atoms with Crippen LogP contribution in [0.15, 0.2) is 48.5 Å². The van der Waals surface area contributed by atoms with Crippen molar-refractivity contribution in [1.82, 2.24) is 9.97 Å². The lowest BCUT2D eigenvalue weighted by Gasteiger charge is -2.09. The highest BCUT2D eigenvalue weighted by Crippen LogP contribution is 2.15. The summed E-state index contributed by atoms with van der Waals surface area (Å²) in [6, 6.07) is 16.7. The molecule has 1 aromatic heterocycles. The molecular weight excluding hydrogens is 340 g/mol. The highest BCUT2D eigenvalue weighted by molar-refractivity contribution is 6.09. The van der Waals surface area contributed by atoms with Crippen LogP contribution in [-0.4, -0.2) is 21.7 Å². The summed E-state index contributed by atoms with van der Waals surface area (Å²) in [4.78, 5) is 32.2. The van der Waals surface area contributed by atoms with Gasteiger partial charge in [0.15, 0.2) is 11.7 Å². The number of imidazole rings is 1. The Bertz CT molecular complexity index is 966. The van der Waals surface area contributed by atoms with Crippen molar-refractivity contribution < 1.29 is 9.59 Å². The van der Waals surface area contributed by atoms with Gasteiger partial charge < -0.3 is 10.3 Å². The molecule has 2 N–H and O–H groups in total. The van der Waals surface area contributed by atoms with Gasteiger partial charge in [0.1, 0.15) is 5.82 Å². The van der Waals surface area contributed by atoms with Crippen LogP contribution in [0.3, 0.4) is 0 Å². The maximum Gasteiger partial charge on any atom is 0.249 e. The largest absolute Gasteiger partial charge is 0.342 e. The Balaban J connectivity index is 1.60. The van der Waals surface area contributed by atoms with E-state index < -0.39 is 17.6 Å². The van der Waals surface area contributed by atoms with Gasteiger partial charge in [0, 0.05) is 18.5 Å². The number of rotatable bonds is 7. The number of ketones is 1. The number of aryl methyl sites for hydroxylation is 2. The molecule has 3 aromatic rings. The third-order valence-electron chi connectivity index (χ3n) is 4.39. The molecule has 0 radical (unpaired) electrons. The highest BCUT2D eigenvalue weighted by Gasteiger charge is 2.26. The average molecular weight is 360 g/mol. The molecule has 136 valence electrons. The van der Waals surface area contributed by atoms with Crippen LogP contribution in [-0.2, 0) is 22.4 Å². The monoisotopic (exact) mass is 360 g/mol. The Morgan fingerprint density at radius 1 is 1.19 bits per heavy atom. The van der Waals surface area contributed by atoms with Gasteiger partial charge >= 0.3 is 0 Å². The summed E-state index contributed by atoms with van der Waals surface area (Å²) in [5.74, 6) is -1.69. The third kappa shape index (κ3) is 4.39. The molecule has 0 fully saturated rings. The summed E-state index contributed by atoms with van der Waals surface area (Å²) in [7, 11) is 0. The zero-order chi connectivity index (χ0) is 19.2. The second kappa shape index (κ2) is 8.28. The number of hydrogen-bond donors (Lipinski definition) is 2. The Labute approximate surface area is 157 Å². The summed E-state index contributed by atoms with van der Waals surface area (Å²) in [5.41, 5.74) is 3.43.